The fourth-order valence-corrected chi connectivity index (χ4v) is 3.83. The van der Waals surface area contributed by atoms with Gasteiger partial charge in [-0.3, -0.25) is 4.79 Å². The van der Waals surface area contributed by atoms with E-state index in [1.165, 1.54) is 0 Å². The topological polar surface area (TPSA) is 107 Å². The number of carbonyl (C=O) groups is 1. The molecule has 9 nitrogen and oxygen atoms in total. The minimum atomic E-state index is -0.0452. The van der Waals surface area contributed by atoms with Gasteiger partial charge in [0.2, 0.25) is 5.91 Å². The highest BCUT2D eigenvalue weighted by Gasteiger charge is 2.13. The van der Waals surface area contributed by atoms with Gasteiger partial charge in [-0.05, 0) is 60.6 Å². The Hall–Kier alpha value is -2.69. The van der Waals surface area contributed by atoms with E-state index in [2.05, 4.69) is 48.9 Å². The summed E-state index contributed by atoms with van der Waals surface area (Å²) in [7, 11) is 3.73. The van der Waals surface area contributed by atoms with Crippen LogP contribution in [0, 0.1) is 0 Å². The van der Waals surface area contributed by atoms with Crippen molar-refractivity contribution < 1.29 is 9.90 Å². The molecule has 0 aliphatic rings. The molecule has 0 fully saturated rings. The molecule has 2 aromatic heterocycles. The summed E-state index contributed by atoms with van der Waals surface area (Å²) in [5.41, 5.74) is 2.65. The number of anilines is 3. The van der Waals surface area contributed by atoms with E-state index in [0.717, 1.165) is 40.8 Å². The van der Waals surface area contributed by atoms with Gasteiger partial charge in [0.1, 0.15) is 11.6 Å². The van der Waals surface area contributed by atoms with Crippen molar-refractivity contribution in [3.05, 3.63) is 46.6 Å². The smallest absolute Gasteiger partial charge is 0.238 e. The van der Waals surface area contributed by atoms with Crippen molar-refractivity contribution >= 4 is 44.8 Å². The van der Waals surface area contributed by atoms with Gasteiger partial charge in [0.15, 0.2) is 5.65 Å². The summed E-state index contributed by atoms with van der Waals surface area (Å²) < 4.78 is 2.56. The van der Waals surface area contributed by atoms with E-state index in [9.17, 15) is 9.90 Å². The van der Waals surface area contributed by atoms with Crippen molar-refractivity contribution in [2.24, 2.45) is 0 Å². The number of aromatic nitrogens is 3. The van der Waals surface area contributed by atoms with E-state index in [1.807, 2.05) is 49.3 Å². The molecule has 0 saturated carbocycles. The standard InChI is InChI=1S/C23H32BrN7O2/c1-4-5-18(15-32)27-20-12-21(31-23(29-20)19(24)13-26-31)25-11-10-16-6-8-17(9-7-16)28-22(33)14-30(2)3/h6-9,12-13,18,25,32H,4-5,10-11,14-15H2,1-3H3,(H,27,29)(H,28,33). The van der Waals surface area contributed by atoms with Crippen molar-refractivity contribution in [2.45, 2.75) is 32.2 Å². The molecule has 2 heterocycles. The lowest BCUT2D eigenvalue weighted by Gasteiger charge is -2.17. The molecule has 3 rings (SSSR count). The molecule has 3 aromatic rings. The zero-order valence-electron chi connectivity index (χ0n) is 19.3. The highest BCUT2D eigenvalue weighted by molar-refractivity contribution is 9.10. The molecule has 10 heteroatoms. The highest BCUT2D eigenvalue weighted by Crippen LogP contribution is 2.23. The van der Waals surface area contributed by atoms with Crippen molar-refractivity contribution in [1.82, 2.24) is 19.5 Å². The molecule has 4 N–H and O–H groups in total. The molecule has 1 unspecified atom stereocenters. The molecule has 0 spiro atoms. The third-order valence-corrected chi connectivity index (χ3v) is 5.62. The lowest BCUT2D eigenvalue weighted by atomic mass is 10.1. The molecule has 0 saturated heterocycles. The number of hydrogen-bond acceptors (Lipinski definition) is 7. The van der Waals surface area contributed by atoms with Gasteiger partial charge in [-0.15, -0.1) is 0 Å². The number of benzene rings is 1. The summed E-state index contributed by atoms with van der Waals surface area (Å²) in [6.45, 7) is 3.19. The molecule has 1 aromatic carbocycles. The SMILES string of the molecule is CCCC(CO)Nc1cc(NCCc2ccc(NC(=O)CN(C)C)cc2)n2ncc(Br)c2n1. The van der Waals surface area contributed by atoms with Crippen molar-refractivity contribution in [3.63, 3.8) is 0 Å². The van der Waals surface area contributed by atoms with Crippen LogP contribution >= 0.6 is 15.9 Å². The lowest BCUT2D eigenvalue weighted by Crippen LogP contribution is -2.27. The Balaban J connectivity index is 1.64. The summed E-state index contributed by atoms with van der Waals surface area (Å²) in [5.74, 6) is 1.47. The number of fused-ring (bicyclic) bond motifs is 1. The predicted molar refractivity (Wildman–Crippen MR) is 136 cm³/mol. The monoisotopic (exact) mass is 517 g/mol. The van der Waals surface area contributed by atoms with Crippen LogP contribution in [0.5, 0.6) is 0 Å². The van der Waals surface area contributed by atoms with Gasteiger partial charge in [0, 0.05) is 18.3 Å². The first-order valence-corrected chi connectivity index (χ1v) is 11.9. The van der Waals surface area contributed by atoms with Crippen LogP contribution in [-0.2, 0) is 11.2 Å². The van der Waals surface area contributed by atoms with Gasteiger partial charge in [-0.1, -0.05) is 25.5 Å². The minimum Gasteiger partial charge on any atom is -0.394 e. The third kappa shape index (κ3) is 7.15. The largest absolute Gasteiger partial charge is 0.394 e. The van der Waals surface area contributed by atoms with Gasteiger partial charge >= 0.3 is 0 Å². The average molecular weight is 518 g/mol. The van der Waals surface area contributed by atoms with Crippen LogP contribution in [0.2, 0.25) is 0 Å². The van der Waals surface area contributed by atoms with Gasteiger partial charge < -0.3 is 26.0 Å². The number of nitrogens with one attached hydrogen (secondary N) is 3. The quantitative estimate of drug-likeness (QED) is 0.292. The number of carbonyl (C=O) groups excluding carboxylic acids is 1. The minimum absolute atomic E-state index is 0.0340. The summed E-state index contributed by atoms with van der Waals surface area (Å²) in [4.78, 5) is 18.4. The van der Waals surface area contributed by atoms with Crippen LogP contribution < -0.4 is 16.0 Å². The Morgan fingerprint density at radius 3 is 2.70 bits per heavy atom. The first kappa shape index (κ1) is 24.9. The number of hydrogen-bond donors (Lipinski definition) is 4. The fraction of sp³-hybridized carbons (Fsp3) is 0.435. The summed E-state index contributed by atoms with van der Waals surface area (Å²) in [5, 5.41) is 23.7. The van der Waals surface area contributed by atoms with Gasteiger partial charge in [0.25, 0.3) is 0 Å². The molecular weight excluding hydrogens is 486 g/mol. The third-order valence-electron chi connectivity index (χ3n) is 5.06. The number of amides is 1. The van der Waals surface area contributed by atoms with Crippen LogP contribution in [0.1, 0.15) is 25.3 Å². The molecule has 1 atom stereocenters. The molecule has 0 aliphatic carbocycles. The Labute approximate surface area is 202 Å². The van der Waals surface area contributed by atoms with E-state index in [4.69, 9.17) is 0 Å². The lowest BCUT2D eigenvalue weighted by molar-refractivity contribution is -0.116. The first-order valence-electron chi connectivity index (χ1n) is 11.1. The number of likely N-dealkylation sites (N-methyl/N-ethyl adjacent to an activating group) is 1. The molecule has 178 valence electrons. The summed E-state index contributed by atoms with van der Waals surface area (Å²) >= 11 is 3.51. The second-order valence-electron chi connectivity index (χ2n) is 8.23. The fourth-order valence-electron chi connectivity index (χ4n) is 3.48. The van der Waals surface area contributed by atoms with Crippen LogP contribution in [0.25, 0.3) is 5.65 Å². The Morgan fingerprint density at radius 1 is 1.27 bits per heavy atom. The van der Waals surface area contributed by atoms with Crippen LogP contribution in [0.15, 0.2) is 41.0 Å². The maximum atomic E-state index is 11.9. The second-order valence-corrected chi connectivity index (χ2v) is 9.08. The van der Waals surface area contributed by atoms with Crippen LogP contribution in [0.4, 0.5) is 17.3 Å². The van der Waals surface area contributed by atoms with Gasteiger partial charge in [-0.2, -0.15) is 9.61 Å². The molecule has 0 bridgehead atoms. The zero-order valence-corrected chi connectivity index (χ0v) is 20.9. The molecule has 0 radical (unpaired) electrons. The van der Waals surface area contributed by atoms with Crippen molar-refractivity contribution in [2.75, 3.05) is 49.7 Å². The number of halogens is 1. The van der Waals surface area contributed by atoms with E-state index < -0.39 is 0 Å². The Morgan fingerprint density at radius 2 is 2.03 bits per heavy atom. The zero-order chi connectivity index (χ0) is 23.8. The summed E-state index contributed by atoms with van der Waals surface area (Å²) in [6.07, 6.45) is 4.35. The molecule has 0 aliphatic heterocycles. The average Bonchev–Trinajstić information content (AvgIpc) is 3.15. The highest BCUT2D eigenvalue weighted by atomic mass is 79.9. The predicted octanol–water partition coefficient (Wildman–Crippen LogP) is 3.22. The Kier molecular flexibility index (Phi) is 9.04. The Bertz CT molecular complexity index is 1050. The molecule has 33 heavy (non-hydrogen) atoms. The van der Waals surface area contributed by atoms with E-state index in [-0.39, 0.29) is 18.6 Å². The van der Waals surface area contributed by atoms with E-state index in [1.54, 1.807) is 10.7 Å². The van der Waals surface area contributed by atoms with E-state index in [0.29, 0.717) is 24.6 Å². The second kappa shape index (κ2) is 12.0. The number of nitrogens with zero attached hydrogens (tertiary/aromatic N) is 4. The van der Waals surface area contributed by atoms with Crippen molar-refractivity contribution in [1.29, 1.82) is 0 Å². The van der Waals surface area contributed by atoms with E-state index >= 15 is 0 Å². The normalized spacial score (nSPS) is 12.2. The first-order chi connectivity index (χ1) is 15.9. The number of aliphatic hydroxyl groups excluding tert-OH is 1. The van der Waals surface area contributed by atoms with Crippen LogP contribution in [-0.4, -0.2) is 70.3 Å². The number of rotatable bonds is 12. The summed E-state index contributed by atoms with van der Waals surface area (Å²) in [6, 6.07) is 9.74. The maximum absolute atomic E-state index is 11.9. The van der Waals surface area contributed by atoms with Gasteiger partial charge in [0.05, 0.1) is 29.9 Å². The van der Waals surface area contributed by atoms with Crippen molar-refractivity contribution in [3.8, 4) is 0 Å². The van der Waals surface area contributed by atoms with Gasteiger partial charge in [-0.25, -0.2) is 4.98 Å². The molecule has 1 amide bonds. The molecular formula is C23H32BrN7O2. The maximum Gasteiger partial charge on any atom is 0.238 e. The number of aliphatic hydroxyl groups is 1. The van der Waals surface area contributed by atoms with Crippen LogP contribution in [0.3, 0.4) is 0 Å².